The lowest BCUT2D eigenvalue weighted by Crippen LogP contribution is -2.34. The van der Waals surface area contributed by atoms with Gasteiger partial charge in [-0.25, -0.2) is 0 Å². The lowest BCUT2D eigenvalue weighted by Gasteiger charge is -2.31. The van der Waals surface area contributed by atoms with Gasteiger partial charge in [-0.1, -0.05) is 0 Å². The van der Waals surface area contributed by atoms with Crippen molar-refractivity contribution in [3.63, 3.8) is 0 Å². The van der Waals surface area contributed by atoms with Gasteiger partial charge in [-0.2, -0.15) is 13.2 Å². The molecule has 2 rings (SSSR count). The second kappa shape index (κ2) is 4.17. The van der Waals surface area contributed by atoms with Gasteiger partial charge in [-0.05, 0) is 24.3 Å². The van der Waals surface area contributed by atoms with E-state index in [0.717, 1.165) is 25.0 Å². The molecule has 0 bridgehead atoms. The van der Waals surface area contributed by atoms with E-state index < -0.39 is 11.7 Å². The van der Waals surface area contributed by atoms with Gasteiger partial charge in [-0.15, -0.1) is 11.6 Å². The highest BCUT2D eigenvalue weighted by Gasteiger charge is 2.31. The van der Waals surface area contributed by atoms with Crippen LogP contribution < -0.4 is 4.74 Å². The van der Waals surface area contributed by atoms with Crippen molar-refractivity contribution in [1.29, 1.82) is 0 Å². The summed E-state index contributed by atoms with van der Waals surface area (Å²) in [6.45, 7) is 0. The first-order chi connectivity index (χ1) is 7.45. The molecule has 0 atom stereocenters. The summed E-state index contributed by atoms with van der Waals surface area (Å²) in [5, 5.41) is 0.138. The summed E-state index contributed by atoms with van der Waals surface area (Å²) in [7, 11) is 0. The van der Waals surface area contributed by atoms with Crippen LogP contribution in [0.4, 0.5) is 13.2 Å². The fourth-order valence-corrected chi connectivity index (χ4v) is 1.91. The van der Waals surface area contributed by atoms with Gasteiger partial charge in [-0.3, -0.25) is 0 Å². The minimum Gasteiger partial charge on any atom is -0.490 e. The Kier molecular flexibility index (Phi) is 3.02. The molecular weight excluding hydrogens is 241 g/mol. The molecule has 0 heterocycles. The van der Waals surface area contributed by atoms with Crippen molar-refractivity contribution in [3.8, 4) is 5.75 Å². The second-order valence-electron chi connectivity index (χ2n) is 3.83. The Morgan fingerprint density at radius 1 is 1.12 bits per heavy atom. The number of ether oxygens (including phenoxy) is 1. The molecule has 0 spiro atoms. The Morgan fingerprint density at radius 3 is 2.12 bits per heavy atom. The zero-order chi connectivity index (χ0) is 11.8. The molecule has 88 valence electrons. The first-order valence-electron chi connectivity index (χ1n) is 4.93. The molecule has 16 heavy (non-hydrogen) atoms. The first-order valence-corrected chi connectivity index (χ1v) is 5.37. The van der Waals surface area contributed by atoms with Crippen LogP contribution in [0.25, 0.3) is 0 Å². The smallest absolute Gasteiger partial charge is 0.416 e. The maximum Gasteiger partial charge on any atom is 0.416 e. The molecule has 1 aromatic rings. The number of alkyl halides is 4. The van der Waals surface area contributed by atoms with Crippen molar-refractivity contribution in [1.82, 2.24) is 0 Å². The second-order valence-corrected chi connectivity index (χ2v) is 4.45. The van der Waals surface area contributed by atoms with Crippen molar-refractivity contribution in [3.05, 3.63) is 29.8 Å². The lowest BCUT2D eigenvalue weighted by molar-refractivity contribution is -0.137. The van der Waals surface area contributed by atoms with E-state index in [-0.39, 0.29) is 11.5 Å². The molecule has 0 unspecified atom stereocenters. The Balaban J connectivity index is 1.97. The fourth-order valence-electron chi connectivity index (χ4n) is 1.51. The Labute approximate surface area is 96.2 Å². The van der Waals surface area contributed by atoms with Crippen molar-refractivity contribution in [2.45, 2.75) is 30.5 Å². The van der Waals surface area contributed by atoms with Gasteiger partial charge in [0.2, 0.25) is 0 Å². The van der Waals surface area contributed by atoms with E-state index >= 15 is 0 Å². The molecule has 1 aliphatic carbocycles. The van der Waals surface area contributed by atoms with Crippen LogP contribution in [0, 0.1) is 0 Å². The van der Waals surface area contributed by atoms with Gasteiger partial charge in [0, 0.05) is 18.2 Å². The summed E-state index contributed by atoms with van der Waals surface area (Å²) < 4.78 is 42.2. The van der Waals surface area contributed by atoms with Crippen LogP contribution in [0.15, 0.2) is 24.3 Å². The monoisotopic (exact) mass is 250 g/mol. The zero-order valence-corrected chi connectivity index (χ0v) is 9.05. The minimum atomic E-state index is -4.30. The first kappa shape index (κ1) is 11.6. The third-order valence-electron chi connectivity index (χ3n) is 2.52. The van der Waals surface area contributed by atoms with Gasteiger partial charge in [0.15, 0.2) is 0 Å². The Bertz CT molecular complexity index is 354. The number of halogens is 4. The van der Waals surface area contributed by atoms with Crippen LogP contribution in [0.2, 0.25) is 0 Å². The van der Waals surface area contributed by atoms with E-state index in [1.165, 1.54) is 12.1 Å². The minimum absolute atomic E-state index is 0.0410. The summed E-state index contributed by atoms with van der Waals surface area (Å²) in [5.74, 6) is 0.460. The summed E-state index contributed by atoms with van der Waals surface area (Å²) in [6, 6.07) is 4.72. The van der Waals surface area contributed by atoms with Gasteiger partial charge in [0.1, 0.15) is 11.9 Å². The van der Waals surface area contributed by atoms with Gasteiger partial charge in [0.25, 0.3) is 0 Å². The molecule has 0 aromatic heterocycles. The topological polar surface area (TPSA) is 9.23 Å². The third-order valence-corrected chi connectivity index (χ3v) is 2.88. The molecule has 1 nitrogen and oxygen atoms in total. The fraction of sp³-hybridized carbons (Fsp3) is 0.455. The van der Waals surface area contributed by atoms with E-state index in [0.29, 0.717) is 5.75 Å². The zero-order valence-electron chi connectivity index (χ0n) is 8.30. The maximum absolute atomic E-state index is 12.3. The van der Waals surface area contributed by atoms with Gasteiger partial charge < -0.3 is 4.74 Å². The van der Waals surface area contributed by atoms with E-state index in [1.807, 2.05) is 0 Å². The molecule has 0 aliphatic heterocycles. The number of hydrogen-bond donors (Lipinski definition) is 0. The van der Waals surface area contributed by atoms with Crippen LogP contribution in [0.1, 0.15) is 18.4 Å². The van der Waals surface area contributed by atoms with Crippen molar-refractivity contribution in [2.24, 2.45) is 0 Å². The average molecular weight is 251 g/mol. The van der Waals surface area contributed by atoms with E-state index in [2.05, 4.69) is 0 Å². The highest BCUT2D eigenvalue weighted by atomic mass is 35.5. The van der Waals surface area contributed by atoms with Gasteiger partial charge >= 0.3 is 6.18 Å². The predicted molar refractivity (Wildman–Crippen MR) is 54.7 cm³/mol. The van der Waals surface area contributed by atoms with Crippen LogP contribution in [0.3, 0.4) is 0 Å². The quantitative estimate of drug-likeness (QED) is 0.725. The highest BCUT2D eigenvalue weighted by Crippen LogP contribution is 2.32. The SMILES string of the molecule is FC(F)(F)c1ccc(OC2CC(Cl)C2)cc1. The third kappa shape index (κ3) is 2.61. The van der Waals surface area contributed by atoms with Crippen molar-refractivity contribution in [2.75, 3.05) is 0 Å². The maximum atomic E-state index is 12.3. The van der Waals surface area contributed by atoms with Crippen molar-refractivity contribution < 1.29 is 17.9 Å². The average Bonchev–Trinajstić information content (AvgIpc) is 2.15. The molecule has 0 amide bonds. The van der Waals surface area contributed by atoms with Gasteiger partial charge in [0.05, 0.1) is 5.56 Å². The van der Waals surface area contributed by atoms with Crippen LogP contribution >= 0.6 is 11.6 Å². The molecule has 1 aliphatic rings. The Hall–Kier alpha value is -0.900. The summed E-state index contributed by atoms with van der Waals surface area (Å²) in [5.41, 5.74) is -0.663. The van der Waals surface area contributed by atoms with Crippen LogP contribution in [-0.2, 0) is 6.18 Å². The molecular formula is C11H10ClF3O. The number of rotatable bonds is 2. The van der Waals surface area contributed by atoms with E-state index in [1.54, 1.807) is 0 Å². The van der Waals surface area contributed by atoms with Crippen LogP contribution in [-0.4, -0.2) is 11.5 Å². The molecule has 1 fully saturated rings. The summed E-state index contributed by atoms with van der Waals surface area (Å²) >= 11 is 5.77. The molecule has 0 saturated heterocycles. The normalized spacial score (nSPS) is 25.0. The molecule has 5 heteroatoms. The molecule has 1 saturated carbocycles. The predicted octanol–water partition coefficient (Wildman–Crippen LogP) is 3.85. The Morgan fingerprint density at radius 2 is 1.69 bits per heavy atom. The largest absolute Gasteiger partial charge is 0.490 e. The lowest BCUT2D eigenvalue weighted by atomic mass is 9.95. The summed E-state index contributed by atoms with van der Waals surface area (Å²) in [6.07, 6.45) is -2.75. The number of hydrogen-bond acceptors (Lipinski definition) is 1. The highest BCUT2D eigenvalue weighted by molar-refractivity contribution is 6.21. The molecule has 1 aromatic carbocycles. The van der Waals surface area contributed by atoms with Crippen LogP contribution in [0.5, 0.6) is 5.75 Å². The van der Waals surface area contributed by atoms with Crippen molar-refractivity contribution >= 4 is 11.6 Å². The molecule has 0 N–H and O–H groups in total. The molecule has 0 radical (unpaired) electrons. The van der Waals surface area contributed by atoms with E-state index in [9.17, 15) is 13.2 Å². The number of benzene rings is 1. The standard InChI is InChI=1S/C11H10ClF3O/c12-8-5-10(6-8)16-9-3-1-7(2-4-9)11(13,14)15/h1-4,8,10H,5-6H2. The summed E-state index contributed by atoms with van der Waals surface area (Å²) in [4.78, 5) is 0. The van der Waals surface area contributed by atoms with E-state index in [4.69, 9.17) is 16.3 Å².